The van der Waals surface area contributed by atoms with Crippen LogP contribution in [0.15, 0.2) is 24.5 Å². The van der Waals surface area contributed by atoms with E-state index in [4.69, 9.17) is 21.1 Å². The van der Waals surface area contributed by atoms with Gasteiger partial charge in [-0.2, -0.15) is 0 Å². The average Bonchev–Trinajstić information content (AvgIpc) is 3.03. The van der Waals surface area contributed by atoms with Gasteiger partial charge in [-0.05, 0) is 51.4 Å². The number of rotatable bonds is 6. The highest BCUT2D eigenvalue weighted by molar-refractivity contribution is 6.31. The van der Waals surface area contributed by atoms with Gasteiger partial charge in [-0.15, -0.1) is 0 Å². The molecule has 0 saturated carbocycles. The van der Waals surface area contributed by atoms with Crippen molar-refractivity contribution in [3.8, 4) is 11.5 Å². The predicted octanol–water partition coefficient (Wildman–Crippen LogP) is 4.25. The van der Waals surface area contributed by atoms with Crippen LogP contribution in [0, 0.1) is 0 Å². The second kappa shape index (κ2) is 8.31. The molecule has 1 saturated heterocycles. The van der Waals surface area contributed by atoms with Crippen LogP contribution in [-0.4, -0.2) is 40.8 Å². The molecule has 0 bridgehead atoms. The summed E-state index contributed by atoms with van der Waals surface area (Å²) in [6, 6.07) is 3.88. The Balaban J connectivity index is 1.65. The molecule has 0 radical (unpaired) electrons. The molecule has 1 aliphatic rings. The first kappa shape index (κ1) is 19.1. The minimum atomic E-state index is 0.0796. The quantitative estimate of drug-likeness (QED) is 0.754. The Bertz CT molecular complexity index is 737. The molecule has 2 heterocycles. The Hall–Kier alpha value is -1.72. The molecule has 0 unspecified atom stereocenters. The van der Waals surface area contributed by atoms with Gasteiger partial charge in [-0.3, -0.25) is 4.90 Å². The number of imidazole rings is 1. The minimum Gasteiger partial charge on any atom is -0.493 e. The molecule has 1 aromatic carbocycles. The summed E-state index contributed by atoms with van der Waals surface area (Å²) in [5, 5.41) is 0.729. The van der Waals surface area contributed by atoms with Crippen LogP contribution in [0.3, 0.4) is 0 Å². The molecule has 26 heavy (non-hydrogen) atoms. The van der Waals surface area contributed by atoms with E-state index in [1.54, 1.807) is 7.11 Å². The standard InChI is InChI=1S/C20H28ClN3O2/c1-14(2)26-19-12-17(21)16(11-18(19)25-4)13-24-8-5-15(6-9-24)20-22-7-10-23(20)3/h7,10-12,14-15H,5-6,8-9,13H2,1-4H3. The molecular weight excluding hydrogens is 350 g/mol. The van der Waals surface area contributed by atoms with Gasteiger partial charge in [0, 0.05) is 43.0 Å². The van der Waals surface area contributed by atoms with Crippen molar-refractivity contribution in [3.63, 3.8) is 0 Å². The first-order chi connectivity index (χ1) is 12.5. The van der Waals surface area contributed by atoms with Gasteiger partial charge in [0.1, 0.15) is 5.82 Å². The van der Waals surface area contributed by atoms with Crippen LogP contribution in [0.4, 0.5) is 0 Å². The van der Waals surface area contributed by atoms with E-state index >= 15 is 0 Å². The number of hydrogen-bond donors (Lipinski definition) is 0. The van der Waals surface area contributed by atoms with Gasteiger partial charge in [0.15, 0.2) is 11.5 Å². The van der Waals surface area contributed by atoms with E-state index in [1.165, 1.54) is 5.82 Å². The molecule has 5 nitrogen and oxygen atoms in total. The molecular formula is C20H28ClN3O2. The van der Waals surface area contributed by atoms with Gasteiger partial charge in [-0.25, -0.2) is 4.98 Å². The Labute approximate surface area is 160 Å². The number of hydrogen-bond acceptors (Lipinski definition) is 4. The van der Waals surface area contributed by atoms with E-state index in [0.717, 1.165) is 48.8 Å². The van der Waals surface area contributed by atoms with Crippen molar-refractivity contribution in [2.75, 3.05) is 20.2 Å². The van der Waals surface area contributed by atoms with Crippen molar-refractivity contribution >= 4 is 11.6 Å². The molecule has 0 amide bonds. The normalized spacial score (nSPS) is 16.2. The zero-order valence-electron chi connectivity index (χ0n) is 16.0. The largest absolute Gasteiger partial charge is 0.493 e. The van der Waals surface area contributed by atoms with Crippen molar-refractivity contribution < 1.29 is 9.47 Å². The van der Waals surface area contributed by atoms with Crippen LogP contribution in [0.1, 0.15) is 44.0 Å². The van der Waals surface area contributed by atoms with Gasteiger partial charge in [0.2, 0.25) is 0 Å². The van der Waals surface area contributed by atoms with E-state index in [-0.39, 0.29) is 6.10 Å². The van der Waals surface area contributed by atoms with Crippen molar-refractivity contribution in [2.45, 2.75) is 45.3 Å². The fourth-order valence-corrected chi connectivity index (χ4v) is 3.78. The zero-order chi connectivity index (χ0) is 18.7. The molecule has 1 aromatic heterocycles. The monoisotopic (exact) mass is 377 g/mol. The summed E-state index contributed by atoms with van der Waals surface area (Å²) in [5.74, 6) is 3.17. The lowest BCUT2D eigenvalue weighted by atomic mass is 9.95. The maximum atomic E-state index is 6.52. The number of nitrogens with zero attached hydrogens (tertiary/aromatic N) is 3. The van der Waals surface area contributed by atoms with Gasteiger partial charge in [0.25, 0.3) is 0 Å². The second-order valence-electron chi connectivity index (χ2n) is 7.21. The van der Waals surface area contributed by atoms with E-state index < -0.39 is 0 Å². The predicted molar refractivity (Wildman–Crippen MR) is 104 cm³/mol. The third-order valence-corrected chi connectivity index (χ3v) is 5.25. The molecule has 3 rings (SSSR count). The van der Waals surface area contributed by atoms with Crippen LogP contribution in [-0.2, 0) is 13.6 Å². The van der Waals surface area contributed by atoms with E-state index in [2.05, 4.69) is 21.5 Å². The fraction of sp³-hybridized carbons (Fsp3) is 0.550. The molecule has 0 N–H and O–H groups in total. The lowest BCUT2D eigenvalue weighted by Crippen LogP contribution is -2.33. The van der Waals surface area contributed by atoms with Crippen molar-refractivity contribution in [2.24, 2.45) is 7.05 Å². The summed E-state index contributed by atoms with van der Waals surface area (Å²) in [6.45, 7) is 6.89. The Morgan fingerprint density at radius 1 is 1.23 bits per heavy atom. The maximum Gasteiger partial charge on any atom is 0.163 e. The highest BCUT2D eigenvalue weighted by Crippen LogP contribution is 2.35. The second-order valence-corrected chi connectivity index (χ2v) is 7.62. The minimum absolute atomic E-state index is 0.0796. The summed E-state index contributed by atoms with van der Waals surface area (Å²) in [4.78, 5) is 6.96. The third kappa shape index (κ3) is 4.33. The fourth-order valence-electron chi connectivity index (χ4n) is 3.56. The molecule has 2 aromatic rings. The van der Waals surface area contributed by atoms with Crippen LogP contribution < -0.4 is 9.47 Å². The summed E-state index contributed by atoms with van der Waals surface area (Å²) in [5.41, 5.74) is 1.08. The number of ether oxygens (including phenoxy) is 2. The van der Waals surface area contributed by atoms with Gasteiger partial charge in [0.05, 0.1) is 13.2 Å². The zero-order valence-corrected chi connectivity index (χ0v) is 16.8. The summed E-state index contributed by atoms with van der Waals surface area (Å²) < 4.78 is 13.4. The first-order valence-electron chi connectivity index (χ1n) is 9.20. The lowest BCUT2D eigenvalue weighted by molar-refractivity contribution is 0.200. The number of aryl methyl sites for hydroxylation is 1. The van der Waals surface area contributed by atoms with Crippen LogP contribution in [0.2, 0.25) is 5.02 Å². The Morgan fingerprint density at radius 2 is 1.96 bits per heavy atom. The molecule has 0 aliphatic carbocycles. The molecule has 6 heteroatoms. The number of methoxy groups -OCH3 is 1. The average molecular weight is 378 g/mol. The number of aromatic nitrogens is 2. The smallest absolute Gasteiger partial charge is 0.163 e. The van der Waals surface area contributed by atoms with E-state index in [1.807, 2.05) is 38.4 Å². The molecule has 0 spiro atoms. The van der Waals surface area contributed by atoms with Gasteiger partial charge >= 0.3 is 0 Å². The summed E-state index contributed by atoms with van der Waals surface area (Å²) >= 11 is 6.52. The molecule has 1 fully saturated rings. The van der Waals surface area contributed by atoms with Crippen LogP contribution >= 0.6 is 11.6 Å². The van der Waals surface area contributed by atoms with Crippen LogP contribution in [0.5, 0.6) is 11.5 Å². The Morgan fingerprint density at radius 3 is 2.54 bits per heavy atom. The number of piperidine rings is 1. The van der Waals surface area contributed by atoms with Crippen molar-refractivity contribution in [1.29, 1.82) is 0 Å². The van der Waals surface area contributed by atoms with Crippen molar-refractivity contribution in [1.82, 2.24) is 14.5 Å². The number of benzene rings is 1. The maximum absolute atomic E-state index is 6.52. The summed E-state index contributed by atoms with van der Waals surface area (Å²) in [7, 11) is 3.74. The molecule has 0 atom stereocenters. The lowest BCUT2D eigenvalue weighted by Gasteiger charge is -2.32. The van der Waals surface area contributed by atoms with E-state index in [9.17, 15) is 0 Å². The Kier molecular flexibility index (Phi) is 6.09. The van der Waals surface area contributed by atoms with E-state index in [0.29, 0.717) is 11.7 Å². The SMILES string of the molecule is COc1cc(CN2CCC(c3nccn3C)CC2)c(Cl)cc1OC(C)C. The van der Waals surface area contributed by atoms with Gasteiger partial charge in [-0.1, -0.05) is 11.6 Å². The van der Waals surface area contributed by atoms with Gasteiger partial charge < -0.3 is 14.0 Å². The highest BCUT2D eigenvalue weighted by Gasteiger charge is 2.24. The first-order valence-corrected chi connectivity index (χ1v) is 9.58. The summed E-state index contributed by atoms with van der Waals surface area (Å²) in [6.07, 6.45) is 6.22. The third-order valence-electron chi connectivity index (χ3n) is 4.90. The van der Waals surface area contributed by atoms with Crippen LogP contribution in [0.25, 0.3) is 0 Å². The van der Waals surface area contributed by atoms with Crippen molar-refractivity contribution in [3.05, 3.63) is 40.9 Å². The molecule has 142 valence electrons. The number of halogens is 1. The number of likely N-dealkylation sites (tertiary alicyclic amines) is 1. The molecule has 1 aliphatic heterocycles. The highest BCUT2D eigenvalue weighted by atomic mass is 35.5. The topological polar surface area (TPSA) is 39.5 Å².